The number of rotatable bonds is 3. The van der Waals surface area contributed by atoms with Crippen LogP contribution in [0.15, 0.2) is 24.5 Å². The van der Waals surface area contributed by atoms with E-state index in [0.29, 0.717) is 5.56 Å². The number of nitrogens with two attached hydrogens (primary N) is 1. The van der Waals surface area contributed by atoms with Crippen LogP contribution in [0.5, 0.6) is 0 Å². The summed E-state index contributed by atoms with van der Waals surface area (Å²) in [6.45, 7) is 0.0830. The molecule has 2 rings (SSSR count). The highest BCUT2D eigenvalue weighted by atomic mass is 16.4. The van der Waals surface area contributed by atoms with Crippen LogP contribution in [0.1, 0.15) is 11.5 Å². The first-order valence-corrected chi connectivity index (χ1v) is 4.98. The second-order valence-corrected chi connectivity index (χ2v) is 3.70. The summed E-state index contributed by atoms with van der Waals surface area (Å²) in [6.07, 6.45) is 1.67. The van der Waals surface area contributed by atoms with E-state index >= 15 is 0 Å². The Morgan fingerprint density at radius 3 is 3.00 bits per heavy atom. The smallest absolute Gasteiger partial charge is 0.312 e. The van der Waals surface area contributed by atoms with E-state index in [1.165, 1.54) is 0 Å². The van der Waals surface area contributed by atoms with E-state index in [1.807, 2.05) is 17.7 Å². The van der Waals surface area contributed by atoms with Crippen LogP contribution >= 0.6 is 0 Å². The quantitative estimate of drug-likeness (QED) is 0.796. The number of carboxylic acid groups (broad SMARTS) is 1. The zero-order chi connectivity index (χ0) is 11.7. The van der Waals surface area contributed by atoms with Gasteiger partial charge in [-0.3, -0.25) is 4.79 Å². The number of imidazole rings is 1. The molecule has 3 N–H and O–H groups in total. The summed E-state index contributed by atoms with van der Waals surface area (Å²) in [7, 11) is 1.84. The summed E-state index contributed by atoms with van der Waals surface area (Å²) < 4.78 is 1.82. The molecule has 1 aromatic carbocycles. The Morgan fingerprint density at radius 1 is 1.62 bits per heavy atom. The fraction of sp³-hybridized carbons (Fsp3) is 0.273. The molecule has 0 radical (unpaired) electrons. The van der Waals surface area contributed by atoms with Gasteiger partial charge in [0.25, 0.3) is 0 Å². The van der Waals surface area contributed by atoms with Gasteiger partial charge in [-0.25, -0.2) is 4.98 Å². The molecule has 0 saturated carbocycles. The first-order chi connectivity index (χ1) is 7.65. The van der Waals surface area contributed by atoms with Gasteiger partial charge in [0, 0.05) is 13.6 Å². The molecule has 0 aliphatic heterocycles. The first kappa shape index (κ1) is 10.6. The normalized spacial score (nSPS) is 12.9. The Balaban J connectivity index is 2.67. The Labute approximate surface area is 92.5 Å². The van der Waals surface area contributed by atoms with Gasteiger partial charge in [-0.2, -0.15) is 0 Å². The van der Waals surface area contributed by atoms with Crippen LogP contribution < -0.4 is 5.73 Å². The van der Waals surface area contributed by atoms with Crippen molar-refractivity contribution >= 4 is 17.0 Å². The summed E-state index contributed by atoms with van der Waals surface area (Å²) in [5.74, 6) is -1.59. The largest absolute Gasteiger partial charge is 0.481 e. The second kappa shape index (κ2) is 3.94. The number of fused-ring (bicyclic) bond motifs is 1. The minimum Gasteiger partial charge on any atom is -0.481 e. The number of carbonyl (C=O) groups is 1. The van der Waals surface area contributed by atoms with Crippen molar-refractivity contribution in [2.75, 3.05) is 6.54 Å². The average molecular weight is 219 g/mol. The van der Waals surface area contributed by atoms with Gasteiger partial charge < -0.3 is 15.4 Å². The molecule has 0 amide bonds. The fourth-order valence-corrected chi connectivity index (χ4v) is 1.89. The van der Waals surface area contributed by atoms with E-state index in [-0.39, 0.29) is 6.54 Å². The van der Waals surface area contributed by atoms with Gasteiger partial charge in [-0.05, 0) is 11.6 Å². The maximum atomic E-state index is 11.1. The van der Waals surface area contributed by atoms with Crippen molar-refractivity contribution in [2.45, 2.75) is 5.92 Å². The van der Waals surface area contributed by atoms with E-state index in [9.17, 15) is 4.79 Å². The predicted molar refractivity (Wildman–Crippen MR) is 60.1 cm³/mol. The van der Waals surface area contributed by atoms with Gasteiger partial charge in [0.05, 0.1) is 23.3 Å². The van der Waals surface area contributed by atoms with Crippen LogP contribution in [-0.2, 0) is 11.8 Å². The maximum Gasteiger partial charge on any atom is 0.312 e. The molecule has 1 aromatic heterocycles. The van der Waals surface area contributed by atoms with E-state index in [1.54, 1.807) is 18.5 Å². The van der Waals surface area contributed by atoms with Crippen molar-refractivity contribution in [2.24, 2.45) is 12.8 Å². The van der Waals surface area contributed by atoms with Crippen LogP contribution in [0, 0.1) is 0 Å². The molecule has 0 saturated heterocycles. The number of aliphatic carboxylic acids is 1. The molecule has 84 valence electrons. The van der Waals surface area contributed by atoms with Crippen molar-refractivity contribution in [3.05, 3.63) is 30.1 Å². The van der Waals surface area contributed by atoms with Crippen LogP contribution in [0.2, 0.25) is 0 Å². The monoisotopic (exact) mass is 219 g/mol. The Bertz CT molecular complexity index is 533. The molecular weight excluding hydrogens is 206 g/mol. The molecule has 1 atom stereocenters. The lowest BCUT2D eigenvalue weighted by atomic mass is 9.98. The zero-order valence-electron chi connectivity index (χ0n) is 8.92. The molecule has 1 heterocycles. The molecule has 5 nitrogen and oxygen atoms in total. The van der Waals surface area contributed by atoms with Gasteiger partial charge >= 0.3 is 5.97 Å². The topological polar surface area (TPSA) is 81.1 Å². The number of hydrogen-bond acceptors (Lipinski definition) is 3. The minimum atomic E-state index is -0.906. The number of carboxylic acids is 1. The molecule has 0 bridgehead atoms. The van der Waals surface area contributed by atoms with Crippen LogP contribution in [-0.4, -0.2) is 27.2 Å². The highest BCUT2D eigenvalue weighted by Gasteiger charge is 2.21. The van der Waals surface area contributed by atoms with Gasteiger partial charge in [-0.1, -0.05) is 12.1 Å². The van der Waals surface area contributed by atoms with E-state index in [4.69, 9.17) is 10.8 Å². The molecule has 0 aliphatic carbocycles. The molecule has 0 spiro atoms. The molecular formula is C11H13N3O2. The number of benzene rings is 1. The summed E-state index contributed by atoms with van der Waals surface area (Å²) in [5, 5.41) is 9.10. The summed E-state index contributed by atoms with van der Waals surface area (Å²) in [6, 6.07) is 5.44. The number of aryl methyl sites for hydroxylation is 1. The third kappa shape index (κ3) is 1.55. The third-order valence-corrected chi connectivity index (χ3v) is 2.68. The van der Waals surface area contributed by atoms with Crippen molar-refractivity contribution in [3.8, 4) is 0 Å². The molecule has 0 fully saturated rings. The van der Waals surface area contributed by atoms with Gasteiger partial charge in [0.15, 0.2) is 0 Å². The fourth-order valence-electron chi connectivity index (χ4n) is 1.89. The van der Waals surface area contributed by atoms with Crippen molar-refractivity contribution in [3.63, 3.8) is 0 Å². The van der Waals surface area contributed by atoms with E-state index < -0.39 is 11.9 Å². The van der Waals surface area contributed by atoms with Crippen LogP contribution in [0.25, 0.3) is 11.0 Å². The molecule has 1 unspecified atom stereocenters. The SMILES string of the molecule is Cn1cnc2cccc(C(CN)C(=O)O)c21. The van der Waals surface area contributed by atoms with Crippen LogP contribution in [0.3, 0.4) is 0 Å². The Morgan fingerprint density at radius 2 is 2.38 bits per heavy atom. The van der Waals surface area contributed by atoms with Gasteiger partial charge in [-0.15, -0.1) is 0 Å². The number of hydrogen-bond donors (Lipinski definition) is 2. The first-order valence-electron chi connectivity index (χ1n) is 4.98. The van der Waals surface area contributed by atoms with Crippen molar-refractivity contribution in [1.82, 2.24) is 9.55 Å². The van der Waals surface area contributed by atoms with Crippen LogP contribution in [0.4, 0.5) is 0 Å². The zero-order valence-corrected chi connectivity index (χ0v) is 8.92. The maximum absolute atomic E-state index is 11.1. The lowest BCUT2D eigenvalue weighted by Gasteiger charge is -2.12. The average Bonchev–Trinajstić information content (AvgIpc) is 2.62. The van der Waals surface area contributed by atoms with E-state index in [2.05, 4.69) is 4.98 Å². The number of aromatic nitrogens is 2. The lowest BCUT2D eigenvalue weighted by molar-refractivity contribution is -0.138. The van der Waals surface area contributed by atoms with Crippen molar-refractivity contribution < 1.29 is 9.90 Å². The minimum absolute atomic E-state index is 0.0830. The predicted octanol–water partition coefficient (Wildman–Crippen LogP) is 0.700. The molecule has 2 aromatic rings. The number of nitrogens with zero attached hydrogens (tertiary/aromatic N) is 2. The highest BCUT2D eigenvalue weighted by molar-refractivity contribution is 5.86. The van der Waals surface area contributed by atoms with Gasteiger partial charge in [0.1, 0.15) is 0 Å². The molecule has 5 heteroatoms. The third-order valence-electron chi connectivity index (χ3n) is 2.68. The highest BCUT2D eigenvalue weighted by Crippen LogP contribution is 2.24. The standard InChI is InChI=1S/C11H13N3O2/c1-14-6-13-9-4-2-3-7(10(9)14)8(5-12)11(15)16/h2-4,6,8H,5,12H2,1H3,(H,15,16). The lowest BCUT2D eigenvalue weighted by Crippen LogP contribution is -2.21. The van der Waals surface area contributed by atoms with Gasteiger partial charge in [0.2, 0.25) is 0 Å². The molecule has 0 aliphatic rings. The Hall–Kier alpha value is -1.88. The number of para-hydroxylation sites is 1. The second-order valence-electron chi connectivity index (χ2n) is 3.70. The summed E-state index contributed by atoms with van der Waals surface area (Å²) >= 11 is 0. The Kier molecular flexibility index (Phi) is 2.62. The van der Waals surface area contributed by atoms with E-state index in [0.717, 1.165) is 11.0 Å². The summed E-state index contributed by atoms with van der Waals surface area (Å²) in [4.78, 5) is 15.3. The van der Waals surface area contributed by atoms with Crippen molar-refractivity contribution in [1.29, 1.82) is 0 Å². The summed E-state index contributed by atoms with van der Waals surface area (Å²) in [5.41, 5.74) is 7.85. The molecule has 16 heavy (non-hydrogen) atoms.